The molecule has 0 aliphatic carbocycles. The third-order valence-corrected chi connectivity index (χ3v) is 9.70. The summed E-state index contributed by atoms with van der Waals surface area (Å²) in [7, 11) is 0. The minimum atomic E-state index is 0.919. The number of anilines is 3. The van der Waals surface area contributed by atoms with Crippen molar-refractivity contribution in [2.45, 2.75) is 9.79 Å². The second kappa shape index (κ2) is 10.1. The molecule has 206 valence electrons. The van der Waals surface area contributed by atoms with Gasteiger partial charge in [0.25, 0.3) is 0 Å². The Labute approximate surface area is 259 Å². The van der Waals surface area contributed by atoms with Gasteiger partial charge in [-0.2, -0.15) is 0 Å². The van der Waals surface area contributed by atoms with E-state index in [-0.39, 0.29) is 0 Å². The highest BCUT2D eigenvalue weighted by Crippen LogP contribution is 2.51. The number of para-hydroxylation sites is 2. The predicted octanol–water partition coefficient (Wildman–Crippen LogP) is 11.2. The van der Waals surface area contributed by atoms with Crippen LogP contribution < -0.4 is 4.90 Å². The van der Waals surface area contributed by atoms with Crippen molar-refractivity contribution in [2.75, 3.05) is 4.90 Å². The maximum Gasteiger partial charge on any atom is 0.0970 e. The maximum absolute atomic E-state index is 4.86. The summed E-state index contributed by atoms with van der Waals surface area (Å²) < 4.78 is 0. The van der Waals surface area contributed by atoms with Crippen molar-refractivity contribution < 1.29 is 0 Å². The van der Waals surface area contributed by atoms with E-state index in [4.69, 9.17) is 9.97 Å². The minimum absolute atomic E-state index is 0.919. The summed E-state index contributed by atoms with van der Waals surface area (Å²) in [5.41, 5.74) is 10.1. The van der Waals surface area contributed by atoms with Crippen molar-refractivity contribution in [3.05, 3.63) is 152 Å². The quantitative estimate of drug-likeness (QED) is 0.195. The topological polar surface area (TPSA) is 29.0 Å². The molecule has 0 bridgehead atoms. The lowest BCUT2D eigenvalue weighted by molar-refractivity contribution is 1.17. The molecule has 1 aliphatic rings. The van der Waals surface area contributed by atoms with Gasteiger partial charge in [-0.1, -0.05) is 103 Å². The van der Waals surface area contributed by atoms with Crippen LogP contribution >= 0.6 is 11.8 Å². The van der Waals surface area contributed by atoms with Gasteiger partial charge in [0.15, 0.2) is 0 Å². The van der Waals surface area contributed by atoms with Crippen LogP contribution in [0.1, 0.15) is 0 Å². The van der Waals surface area contributed by atoms with Crippen molar-refractivity contribution in [3.8, 4) is 22.3 Å². The van der Waals surface area contributed by atoms with E-state index in [0.29, 0.717) is 0 Å². The van der Waals surface area contributed by atoms with Crippen LogP contribution in [0.3, 0.4) is 0 Å². The average molecular weight is 580 g/mol. The van der Waals surface area contributed by atoms with Gasteiger partial charge in [-0.05, 0) is 81.6 Å². The van der Waals surface area contributed by atoms with E-state index in [1.54, 1.807) is 0 Å². The Balaban J connectivity index is 1.16. The molecule has 0 radical (unpaired) electrons. The standard InChI is InChI=1S/C40H25N3S/c1-2-10-29-26(8-1)9-7-11-31(29)32-23-25-42-40-34(32)21-20-33-30(22-24-41-39(33)40)27-16-18-28(19-17-27)43-35-12-3-5-14-37(35)44-38-15-6-4-13-36(38)43/h1-25H. The molecule has 0 spiro atoms. The van der Waals surface area contributed by atoms with Gasteiger partial charge in [-0.3, -0.25) is 9.97 Å². The van der Waals surface area contributed by atoms with E-state index >= 15 is 0 Å². The molecule has 3 heterocycles. The van der Waals surface area contributed by atoms with Crippen molar-refractivity contribution in [1.29, 1.82) is 0 Å². The van der Waals surface area contributed by atoms with Gasteiger partial charge in [0, 0.05) is 38.6 Å². The smallest absolute Gasteiger partial charge is 0.0970 e. The molecule has 0 saturated heterocycles. The fourth-order valence-electron chi connectivity index (χ4n) is 6.55. The zero-order valence-electron chi connectivity index (χ0n) is 23.7. The molecule has 2 aromatic heterocycles. The summed E-state index contributed by atoms with van der Waals surface area (Å²) >= 11 is 1.83. The predicted molar refractivity (Wildman–Crippen MR) is 184 cm³/mol. The molecular formula is C40H25N3S. The van der Waals surface area contributed by atoms with E-state index in [1.165, 1.54) is 43.1 Å². The Kier molecular flexibility index (Phi) is 5.75. The number of aromatic nitrogens is 2. The van der Waals surface area contributed by atoms with Crippen molar-refractivity contribution >= 4 is 61.4 Å². The summed E-state index contributed by atoms with van der Waals surface area (Å²) in [4.78, 5) is 14.6. The second-order valence-corrected chi connectivity index (χ2v) is 12.1. The van der Waals surface area contributed by atoms with E-state index in [0.717, 1.165) is 38.6 Å². The molecule has 4 heteroatoms. The van der Waals surface area contributed by atoms with Crippen molar-refractivity contribution in [2.24, 2.45) is 0 Å². The number of benzene rings is 6. The molecule has 0 fully saturated rings. The third kappa shape index (κ3) is 3.92. The first-order chi connectivity index (χ1) is 21.8. The molecule has 3 nitrogen and oxygen atoms in total. The monoisotopic (exact) mass is 579 g/mol. The minimum Gasteiger partial charge on any atom is -0.308 e. The average Bonchev–Trinajstić information content (AvgIpc) is 3.10. The zero-order chi connectivity index (χ0) is 29.0. The third-order valence-electron chi connectivity index (χ3n) is 8.57. The van der Waals surface area contributed by atoms with Crippen molar-refractivity contribution in [1.82, 2.24) is 9.97 Å². The first kappa shape index (κ1) is 25.1. The van der Waals surface area contributed by atoms with Crippen LogP contribution in [-0.2, 0) is 0 Å². The van der Waals surface area contributed by atoms with Gasteiger partial charge in [-0.25, -0.2) is 0 Å². The van der Waals surface area contributed by atoms with Gasteiger partial charge < -0.3 is 4.90 Å². The Morgan fingerprint density at radius 2 is 1.00 bits per heavy atom. The Bertz CT molecular complexity index is 2330. The molecule has 0 atom stereocenters. The lowest BCUT2D eigenvalue weighted by Crippen LogP contribution is -2.14. The molecule has 0 unspecified atom stereocenters. The number of hydrogen-bond donors (Lipinski definition) is 0. The van der Waals surface area contributed by atoms with E-state index in [1.807, 2.05) is 24.2 Å². The Morgan fingerprint density at radius 1 is 0.432 bits per heavy atom. The first-order valence-electron chi connectivity index (χ1n) is 14.7. The van der Waals surface area contributed by atoms with E-state index in [2.05, 4.69) is 144 Å². The highest BCUT2D eigenvalue weighted by Gasteiger charge is 2.24. The van der Waals surface area contributed by atoms with Crippen LogP contribution in [0.2, 0.25) is 0 Å². The van der Waals surface area contributed by atoms with Gasteiger partial charge in [0.1, 0.15) is 0 Å². The van der Waals surface area contributed by atoms with Crippen LogP contribution in [0.5, 0.6) is 0 Å². The highest BCUT2D eigenvalue weighted by molar-refractivity contribution is 7.99. The first-order valence-corrected chi connectivity index (χ1v) is 15.6. The Hall–Kier alpha value is -5.45. The summed E-state index contributed by atoms with van der Waals surface area (Å²) in [5, 5.41) is 4.67. The zero-order valence-corrected chi connectivity index (χ0v) is 24.5. The lowest BCUT2D eigenvalue weighted by atomic mass is 9.94. The highest BCUT2D eigenvalue weighted by atomic mass is 32.2. The van der Waals surface area contributed by atoms with Crippen LogP contribution in [-0.4, -0.2) is 9.97 Å². The molecule has 9 rings (SSSR count). The van der Waals surface area contributed by atoms with Crippen LogP contribution in [0, 0.1) is 0 Å². The molecule has 6 aromatic carbocycles. The lowest BCUT2D eigenvalue weighted by Gasteiger charge is -2.32. The summed E-state index contributed by atoms with van der Waals surface area (Å²) in [6.07, 6.45) is 3.82. The number of hydrogen-bond acceptors (Lipinski definition) is 4. The molecule has 44 heavy (non-hydrogen) atoms. The van der Waals surface area contributed by atoms with Crippen LogP contribution in [0.4, 0.5) is 17.1 Å². The molecule has 0 saturated carbocycles. The maximum atomic E-state index is 4.86. The van der Waals surface area contributed by atoms with Gasteiger partial charge in [0.05, 0.1) is 22.4 Å². The molecule has 0 N–H and O–H groups in total. The summed E-state index contributed by atoms with van der Waals surface area (Å²) in [5.74, 6) is 0. The molecule has 0 amide bonds. The molecule has 8 aromatic rings. The number of fused-ring (bicyclic) bond motifs is 6. The SMILES string of the molecule is c1ccc2c(c1)Sc1ccccc1N2c1ccc(-c2ccnc3c2ccc2c(-c4cccc5ccccc45)ccnc23)cc1. The van der Waals surface area contributed by atoms with Crippen LogP contribution in [0.25, 0.3) is 54.8 Å². The fraction of sp³-hybridized carbons (Fsp3) is 0. The van der Waals surface area contributed by atoms with E-state index < -0.39 is 0 Å². The second-order valence-electron chi connectivity index (χ2n) is 11.0. The van der Waals surface area contributed by atoms with Gasteiger partial charge in [0.2, 0.25) is 0 Å². The van der Waals surface area contributed by atoms with Gasteiger partial charge >= 0.3 is 0 Å². The normalized spacial score (nSPS) is 12.4. The largest absolute Gasteiger partial charge is 0.308 e. The number of rotatable bonds is 3. The molecular weight excluding hydrogens is 555 g/mol. The summed E-state index contributed by atoms with van der Waals surface area (Å²) in [6, 6.07) is 49.8. The van der Waals surface area contributed by atoms with Crippen LogP contribution in [0.15, 0.2) is 162 Å². The fourth-order valence-corrected chi connectivity index (χ4v) is 7.61. The Morgan fingerprint density at radius 3 is 1.73 bits per heavy atom. The van der Waals surface area contributed by atoms with E-state index in [9.17, 15) is 0 Å². The number of nitrogens with zero attached hydrogens (tertiary/aromatic N) is 3. The number of pyridine rings is 2. The van der Waals surface area contributed by atoms with Gasteiger partial charge in [-0.15, -0.1) is 0 Å². The molecule has 1 aliphatic heterocycles. The van der Waals surface area contributed by atoms with Crippen molar-refractivity contribution in [3.63, 3.8) is 0 Å². The summed E-state index contributed by atoms with van der Waals surface area (Å²) in [6.45, 7) is 0.